The maximum atomic E-state index is 13.6. The third-order valence-electron chi connectivity index (χ3n) is 6.44. The molecule has 0 aliphatic carbocycles. The molecule has 4 nitrogen and oxygen atoms in total. The van der Waals surface area contributed by atoms with Crippen molar-refractivity contribution in [2.75, 3.05) is 17.4 Å². The van der Waals surface area contributed by atoms with Crippen LogP contribution in [0.4, 0.5) is 5.69 Å². The molecule has 0 amide bonds. The first-order chi connectivity index (χ1) is 14.9. The fourth-order valence-electron chi connectivity index (χ4n) is 4.93. The summed E-state index contributed by atoms with van der Waals surface area (Å²) in [5.41, 5.74) is 4.23. The number of nitrogens with zero attached hydrogens (tertiary/aromatic N) is 2. The molecule has 0 spiro atoms. The monoisotopic (exact) mass is 496 g/mol. The molecule has 2 atom stereocenters. The zero-order valence-corrected chi connectivity index (χ0v) is 19.8. The smallest absolute Gasteiger partial charge is 0.264 e. The minimum Gasteiger partial charge on any atom is -0.292 e. The maximum Gasteiger partial charge on any atom is 0.264 e. The van der Waals surface area contributed by atoms with E-state index >= 15 is 0 Å². The molecule has 2 aliphatic rings. The van der Waals surface area contributed by atoms with E-state index in [1.165, 1.54) is 5.56 Å². The molecular formula is C25H25BrN2O2S. The largest absolute Gasteiger partial charge is 0.292 e. The van der Waals surface area contributed by atoms with Crippen LogP contribution in [0.15, 0.2) is 82.2 Å². The number of hydrogen-bond donors (Lipinski definition) is 0. The summed E-state index contributed by atoms with van der Waals surface area (Å²) < 4.78 is 29.8. The molecule has 2 heterocycles. The Morgan fingerprint density at radius 1 is 1.00 bits per heavy atom. The average Bonchev–Trinajstić information content (AvgIpc) is 3.17. The van der Waals surface area contributed by atoms with Crippen molar-refractivity contribution in [3.63, 3.8) is 0 Å². The number of likely N-dealkylation sites (tertiary alicyclic amines) is 1. The van der Waals surface area contributed by atoms with Crippen LogP contribution in [0, 0.1) is 12.8 Å². The Balaban J connectivity index is 1.55. The van der Waals surface area contributed by atoms with Crippen molar-refractivity contribution in [3.05, 3.63) is 94.0 Å². The fraction of sp³-hybridized carbons (Fsp3) is 0.280. The Kier molecular flexibility index (Phi) is 5.40. The van der Waals surface area contributed by atoms with Gasteiger partial charge in [0.05, 0.1) is 10.6 Å². The van der Waals surface area contributed by atoms with Crippen LogP contribution >= 0.6 is 15.9 Å². The van der Waals surface area contributed by atoms with Gasteiger partial charge < -0.3 is 0 Å². The third kappa shape index (κ3) is 3.81. The quantitative estimate of drug-likeness (QED) is 0.476. The van der Waals surface area contributed by atoms with Gasteiger partial charge in [-0.25, -0.2) is 8.42 Å². The maximum absolute atomic E-state index is 13.6. The standard InChI is InChI=1S/C25H25BrN2O2S/c1-18-7-10-22(11-8-18)31(29,30)28-17-20-13-14-27(16-19-5-3-2-4-6-19)25(20)23-15-21(26)9-12-24(23)28/h2-12,15,20,25H,13-14,16-17H2,1H3/t20-,25-/m0/s1. The molecule has 5 rings (SSSR count). The van der Waals surface area contributed by atoms with Crippen molar-refractivity contribution in [1.82, 2.24) is 4.90 Å². The second kappa shape index (κ2) is 8.08. The lowest BCUT2D eigenvalue weighted by molar-refractivity contribution is 0.218. The number of sulfonamides is 1. The van der Waals surface area contributed by atoms with Gasteiger partial charge in [-0.1, -0.05) is 64.0 Å². The number of anilines is 1. The van der Waals surface area contributed by atoms with Gasteiger partial charge in [0.25, 0.3) is 10.0 Å². The molecule has 6 heteroatoms. The molecule has 3 aromatic carbocycles. The first-order valence-corrected chi connectivity index (χ1v) is 12.8. The molecule has 1 saturated heterocycles. The van der Waals surface area contributed by atoms with E-state index in [2.05, 4.69) is 51.2 Å². The Labute approximate surface area is 192 Å². The third-order valence-corrected chi connectivity index (χ3v) is 8.73. The molecule has 0 radical (unpaired) electrons. The first kappa shape index (κ1) is 20.7. The van der Waals surface area contributed by atoms with Gasteiger partial charge in [0.1, 0.15) is 0 Å². The fourth-order valence-corrected chi connectivity index (χ4v) is 6.86. The van der Waals surface area contributed by atoms with Crippen LogP contribution in [0.25, 0.3) is 0 Å². The lowest BCUT2D eigenvalue weighted by atomic mass is 9.89. The molecular weight excluding hydrogens is 472 g/mol. The van der Waals surface area contributed by atoms with Crippen LogP contribution in [-0.4, -0.2) is 26.4 Å². The molecule has 0 bridgehead atoms. The molecule has 0 N–H and O–H groups in total. The van der Waals surface area contributed by atoms with E-state index in [-0.39, 0.29) is 12.0 Å². The van der Waals surface area contributed by atoms with Crippen LogP contribution in [0.2, 0.25) is 0 Å². The van der Waals surface area contributed by atoms with E-state index in [0.717, 1.165) is 40.8 Å². The van der Waals surface area contributed by atoms with Gasteiger partial charge in [0.2, 0.25) is 0 Å². The summed E-state index contributed by atoms with van der Waals surface area (Å²) in [5, 5.41) is 0. The number of halogens is 1. The van der Waals surface area contributed by atoms with Crippen molar-refractivity contribution in [3.8, 4) is 0 Å². The van der Waals surface area contributed by atoms with Crippen molar-refractivity contribution in [1.29, 1.82) is 0 Å². The van der Waals surface area contributed by atoms with Crippen molar-refractivity contribution in [2.24, 2.45) is 5.92 Å². The van der Waals surface area contributed by atoms with Gasteiger partial charge in [0.15, 0.2) is 0 Å². The van der Waals surface area contributed by atoms with Crippen molar-refractivity contribution < 1.29 is 8.42 Å². The summed E-state index contributed by atoms with van der Waals surface area (Å²) in [6.07, 6.45) is 0.989. The van der Waals surface area contributed by atoms with E-state index in [1.54, 1.807) is 16.4 Å². The SMILES string of the molecule is Cc1ccc(S(=O)(=O)N2C[C@@H]3CCN(Cc4ccccc4)[C@@H]3c3cc(Br)ccc32)cc1. The highest BCUT2D eigenvalue weighted by molar-refractivity contribution is 9.10. The Hall–Kier alpha value is -2.15. The average molecular weight is 497 g/mol. The lowest BCUT2D eigenvalue weighted by Crippen LogP contribution is -2.42. The Morgan fingerprint density at radius 2 is 1.74 bits per heavy atom. The van der Waals surface area contributed by atoms with Gasteiger partial charge in [-0.15, -0.1) is 0 Å². The summed E-state index contributed by atoms with van der Waals surface area (Å²) in [5.74, 6) is 0.269. The first-order valence-electron chi connectivity index (χ1n) is 10.6. The van der Waals surface area contributed by atoms with Crippen LogP contribution in [0.5, 0.6) is 0 Å². The summed E-state index contributed by atoms with van der Waals surface area (Å²) in [6, 6.07) is 23.9. The van der Waals surface area contributed by atoms with Crippen LogP contribution in [-0.2, 0) is 16.6 Å². The zero-order valence-electron chi connectivity index (χ0n) is 17.4. The molecule has 2 aliphatic heterocycles. The number of benzene rings is 3. The van der Waals surface area contributed by atoms with E-state index < -0.39 is 10.0 Å². The number of rotatable bonds is 4. The van der Waals surface area contributed by atoms with E-state index in [1.807, 2.05) is 37.3 Å². The van der Waals surface area contributed by atoms with Crippen molar-refractivity contribution in [2.45, 2.75) is 30.8 Å². The van der Waals surface area contributed by atoms with E-state index in [0.29, 0.717) is 11.4 Å². The summed E-state index contributed by atoms with van der Waals surface area (Å²) >= 11 is 3.61. The molecule has 1 fully saturated rings. The second-order valence-corrected chi connectivity index (χ2v) is 11.3. The van der Waals surface area contributed by atoms with Crippen LogP contribution in [0.3, 0.4) is 0 Å². The van der Waals surface area contributed by atoms with Crippen LogP contribution < -0.4 is 4.31 Å². The number of hydrogen-bond acceptors (Lipinski definition) is 3. The minimum absolute atomic E-state index is 0.220. The molecule has 0 aromatic heterocycles. The summed E-state index contributed by atoms with van der Waals surface area (Å²) in [6.45, 7) is 4.32. The molecule has 0 saturated carbocycles. The Bertz CT molecular complexity index is 1200. The van der Waals surface area contributed by atoms with E-state index in [9.17, 15) is 8.42 Å². The molecule has 3 aromatic rings. The molecule has 31 heavy (non-hydrogen) atoms. The Morgan fingerprint density at radius 3 is 2.48 bits per heavy atom. The predicted molar refractivity (Wildman–Crippen MR) is 128 cm³/mol. The second-order valence-electron chi connectivity index (χ2n) is 8.50. The topological polar surface area (TPSA) is 40.6 Å². The van der Waals surface area contributed by atoms with Gasteiger partial charge in [0, 0.05) is 23.6 Å². The van der Waals surface area contributed by atoms with Gasteiger partial charge in [-0.3, -0.25) is 9.21 Å². The highest BCUT2D eigenvalue weighted by Crippen LogP contribution is 2.48. The minimum atomic E-state index is -3.62. The highest BCUT2D eigenvalue weighted by Gasteiger charge is 2.44. The predicted octanol–water partition coefficient (Wildman–Crippen LogP) is 5.53. The lowest BCUT2D eigenvalue weighted by Gasteiger charge is -2.40. The van der Waals surface area contributed by atoms with Crippen molar-refractivity contribution >= 4 is 31.6 Å². The summed E-state index contributed by atoms with van der Waals surface area (Å²) in [4.78, 5) is 2.85. The molecule has 160 valence electrons. The van der Waals surface area contributed by atoms with Crippen LogP contribution in [0.1, 0.15) is 29.2 Å². The zero-order chi connectivity index (χ0) is 21.6. The number of aryl methyl sites for hydroxylation is 1. The van der Waals surface area contributed by atoms with Gasteiger partial charge >= 0.3 is 0 Å². The summed E-state index contributed by atoms with van der Waals surface area (Å²) in [7, 11) is -3.62. The highest BCUT2D eigenvalue weighted by atomic mass is 79.9. The van der Waals surface area contributed by atoms with Gasteiger partial charge in [-0.05, 0) is 67.3 Å². The normalized spacial score (nSPS) is 21.0. The number of fused-ring (bicyclic) bond motifs is 3. The van der Waals surface area contributed by atoms with Gasteiger partial charge in [-0.2, -0.15) is 0 Å². The molecule has 0 unspecified atom stereocenters. The van der Waals surface area contributed by atoms with E-state index in [4.69, 9.17) is 0 Å².